The highest BCUT2D eigenvalue weighted by Crippen LogP contribution is 2.24. The molecule has 1 aromatic heterocycles. The highest BCUT2D eigenvalue weighted by Gasteiger charge is 2.09. The van der Waals surface area contributed by atoms with Crippen LogP contribution < -0.4 is 5.32 Å². The maximum absolute atomic E-state index is 6.11. The van der Waals surface area contributed by atoms with Gasteiger partial charge in [-0.1, -0.05) is 72.3 Å². The molecule has 0 amide bonds. The van der Waals surface area contributed by atoms with Gasteiger partial charge in [0, 0.05) is 55.0 Å². The Hall–Kier alpha value is -2.92. The second-order valence-electron chi connectivity index (χ2n) is 8.79. The van der Waals surface area contributed by atoms with E-state index in [-0.39, 0.29) is 0 Å². The highest BCUT2D eigenvalue weighted by atomic mass is 35.5. The van der Waals surface area contributed by atoms with E-state index in [0.29, 0.717) is 5.02 Å². The van der Waals surface area contributed by atoms with Gasteiger partial charge in [0.25, 0.3) is 0 Å². The Bertz CT molecular complexity index is 1110. The summed E-state index contributed by atoms with van der Waals surface area (Å²) < 4.78 is 0. The number of nitrogens with one attached hydrogen (secondary N) is 1. The molecule has 0 bridgehead atoms. The molecule has 0 aliphatic heterocycles. The summed E-state index contributed by atoms with van der Waals surface area (Å²) in [7, 11) is 2.22. The minimum absolute atomic E-state index is 0.715. The van der Waals surface area contributed by atoms with Crippen LogP contribution in [0, 0.1) is 0 Å². The van der Waals surface area contributed by atoms with Crippen molar-refractivity contribution in [3.8, 4) is 0 Å². The Kier molecular flexibility index (Phi) is 8.91. The van der Waals surface area contributed by atoms with Crippen LogP contribution in [0.25, 0.3) is 10.9 Å². The van der Waals surface area contributed by atoms with Gasteiger partial charge >= 0.3 is 0 Å². The predicted octanol–water partition coefficient (Wildman–Crippen LogP) is 6.32. The van der Waals surface area contributed by atoms with Crippen LogP contribution in [0.4, 0.5) is 5.69 Å². The van der Waals surface area contributed by atoms with Crippen molar-refractivity contribution in [2.24, 2.45) is 0 Å². The summed E-state index contributed by atoms with van der Waals surface area (Å²) >= 11 is 6.11. The Labute approximate surface area is 208 Å². The number of benzene rings is 3. The van der Waals surface area contributed by atoms with Crippen molar-refractivity contribution in [1.29, 1.82) is 0 Å². The number of rotatable bonds is 12. The van der Waals surface area contributed by atoms with Crippen molar-refractivity contribution in [3.05, 3.63) is 107 Å². The van der Waals surface area contributed by atoms with Crippen molar-refractivity contribution in [3.63, 3.8) is 0 Å². The number of fused-ring (bicyclic) bond motifs is 1. The molecule has 34 heavy (non-hydrogen) atoms. The first-order valence-corrected chi connectivity index (χ1v) is 12.3. The first kappa shape index (κ1) is 24.2. The molecule has 1 N–H and O–H groups in total. The van der Waals surface area contributed by atoms with Crippen LogP contribution in [0.2, 0.25) is 5.02 Å². The molecule has 4 nitrogen and oxygen atoms in total. The third kappa shape index (κ3) is 7.29. The minimum atomic E-state index is 0.715. The number of likely N-dealkylation sites (N-methyl/N-ethyl adjacent to an activating group) is 1. The number of anilines is 1. The molecule has 1 heterocycles. The number of nitrogens with zero attached hydrogens (tertiary/aromatic N) is 3. The van der Waals surface area contributed by atoms with Crippen LogP contribution in [0.3, 0.4) is 0 Å². The van der Waals surface area contributed by atoms with E-state index in [1.54, 1.807) is 0 Å². The summed E-state index contributed by atoms with van der Waals surface area (Å²) in [4.78, 5) is 9.38. The number of hydrogen-bond acceptors (Lipinski definition) is 4. The summed E-state index contributed by atoms with van der Waals surface area (Å²) in [6.45, 7) is 5.96. The van der Waals surface area contributed by atoms with Gasteiger partial charge in [0.15, 0.2) is 0 Å². The van der Waals surface area contributed by atoms with Crippen molar-refractivity contribution in [2.75, 3.05) is 38.5 Å². The van der Waals surface area contributed by atoms with E-state index in [2.05, 4.69) is 87.8 Å². The summed E-state index contributed by atoms with van der Waals surface area (Å²) in [5.74, 6) is 0. The van der Waals surface area contributed by atoms with Gasteiger partial charge in [-0.3, -0.25) is 9.88 Å². The molecule has 0 fully saturated rings. The van der Waals surface area contributed by atoms with Gasteiger partial charge in [0.1, 0.15) is 0 Å². The predicted molar refractivity (Wildman–Crippen MR) is 144 cm³/mol. The summed E-state index contributed by atoms with van der Waals surface area (Å²) in [6, 6.07) is 29.4. The Balaban J connectivity index is 1.25. The topological polar surface area (TPSA) is 31.4 Å². The molecule has 0 saturated carbocycles. The zero-order valence-electron chi connectivity index (χ0n) is 19.8. The molecule has 0 aliphatic carbocycles. The van der Waals surface area contributed by atoms with E-state index >= 15 is 0 Å². The lowest BCUT2D eigenvalue weighted by Crippen LogP contribution is -2.33. The smallest absolute Gasteiger partial charge is 0.0737 e. The molecule has 5 heteroatoms. The van der Waals surface area contributed by atoms with Crippen LogP contribution in [0.1, 0.15) is 17.5 Å². The standard InChI is InChI=1S/C29H33ClN4/c1-33(18-8-16-31-28-15-17-32-29-21-26(30)13-14-27(28)29)19-20-34(22-24-9-4-2-5-10-24)23-25-11-6-3-7-12-25/h2-7,9-15,17,21H,8,16,18-20,22-23H2,1H3,(H,31,32). The molecule has 0 spiro atoms. The van der Waals surface area contributed by atoms with E-state index in [1.165, 1.54) is 11.1 Å². The largest absolute Gasteiger partial charge is 0.384 e. The normalized spacial score (nSPS) is 11.4. The van der Waals surface area contributed by atoms with E-state index in [1.807, 2.05) is 30.5 Å². The SMILES string of the molecule is CN(CCCNc1ccnc2cc(Cl)ccc12)CCN(Cc1ccccc1)Cc1ccccc1. The maximum Gasteiger partial charge on any atom is 0.0737 e. The molecule has 3 aromatic carbocycles. The Morgan fingerprint density at radius 3 is 2.15 bits per heavy atom. The molecular weight excluding hydrogens is 440 g/mol. The van der Waals surface area contributed by atoms with Crippen LogP contribution >= 0.6 is 11.6 Å². The molecule has 0 atom stereocenters. The van der Waals surface area contributed by atoms with E-state index in [4.69, 9.17) is 11.6 Å². The fraction of sp³-hybridized carbons (Fsp3) is 0.276. The van der Waals surface area contributed by atoms with Gasteiger partial charge in [-0.15, -0.1) is 0 Å². The summed E-state index contributed by atoms with van der Waals surface area (Å²) in [5, 5.41) is 5.40. The monoisotopic (exact) mass is 472 g/mol. The van der Waals surface area contributed by atoms with Crippen LogP contribution in [0.5, 0.6) is 0 Å². The first-order chi connectivity index (χ1) is 16.7. The summed E-state index contributed by atoms with van der Waals surface area (Å²) in [6.07, 6.45) is 2.91. The lowest BCUT2D eigenvalue weighted by Gasteiger charge is -2.26. The van der Waals surface area contributed by atoms with Crippen molar-refractivity contribution in [2.45, 2.75) is 19.5 Å². The third-order valence-corrected chi connectivity index (χ3v) is 6.27. The van der Waals surface area contributed by atoms with Gasteiger partial charge < -0.3 is 10.2 Å². The second-order valence-corrected chi connectivity index (χ2v) is 9.22. The van der Waals surface area contributed by atoms with E-state index in [0.717, 1.165) is 62.3 Å². The lowest BCUT2D eigenvalue weighted by molar-refractivity contribution is 0.211. The molecule has 0 unspecified atom stereocenters. The second kappa shape index (κ2) is 12.5. The van der Waals surface area contributed by atoms with Crippen LogP contribution in [-0.2, 0) is 13.1 Å². The molecule has 0 radical (unpaired) electrons. The number of hydrogen-bond donors (Lipinski definition) is 1. The fourth-order valence-electron chi connectivity index (χ4n) is 4.17. The highest BCUT2D eigenvalue weighted by molar-refractivity contribution is 6.31. The van der Waals surface area contributed by atoms with Gasteiger partial charge in [-0.2, -0.15) is 0 Å². The Morgan fingerprint density at radius 1 is 0.794 bits per heavy atom. The number of halogens is 1. The van der Waals surface area contributed by atoms with E-state index in [9.17, 15) is 0 Å². The minimum Gasteiger partial charge on any atom is -0.384 e. The quantitative estimate of drug-likeness (QED) is 0.244. The number of aromatic nitrogens is 1. The molecular formula is C29H33ClN4. The molecule has 176 valence electrons. The van der Waals surface area contributed by atoms with Crippen molar-refractivity contribution in [1.82, 2.24) is 14.8 Å². The van der Waals surface area contributed by atoms with Crippen LogP contribution in [-0.4, -0.2) is 48.0 Å². The molecule has 4 rings (SSSR count). The van der Waals surface area contributed by atoms with Gasteiger partial charge in [0.05, 0.1) is 5.52 Å². The lowest BCUT2D eigenvalue weighted by atomic mass is 10.1. The fourth-order valence-corrected chi connectivity index (χ4v) is 4.33. The van der Waals surface area contributed by atoms with Gasteiger partial charge in [-0.25, -0.2) is 0 Å². The molecule has 4 aromatic rings. The van der Waals surface area contributed by atoms with Crippen molar-refractivity contribution < 1.29 is 0 Å². The Morgan fingerprint density at radius 2 is 1.47 bits per heavy atom. The summed E-state index contributed by atoms with van der Waals surface area (Å²) in [5.41, 5.74) is 4.75. The van der Waals surface area contributed by atoms with Crippen LogP contribution in [0.15, 0.2) is 91.1 Å². The third-order valence-electron chi connectivity index (χ3n) is 6.03. The average molecular weight is 473 g/mol. The van der Waals surface area contributed by atoms with Gasteiger partial charge in [-0.05, 0) is 55.4 Å². The maximum atomic E-state index is 6.11. The van der Waals surface area contributed by atoms with Crippen molar-refractivity contribution >= 4 is 28.2 Å². The zero-order valence-corrected chi connectivity index (χ0v) is 20.6. The van der Waals surface area contributed by atoms with Gasteiger partial charge in [0.2, 0.25) is 0 Å². The number of pyridine rings is 1. The first-order valence-electron chi connectivity index (χ1n) is 11.9. The van der Waals surface area contributed by atoms with E-state index < -0.39 is 0 Å². The molecule has 0 saturated heterocycles. The molecule has 0 aliphatic rings. The zero-order chi connectivity index (χ0) is 23.6. The average Bonchev–Trinajstić information content (AvgIpc) is 2.86.